The monoisotopic (exact) mass is 314 g/mol. The molecule has 0 fully saturated rings. The van der Waals surface area contributed by atoms with Crippen molar-refractivity contribution in [2.24, 2.45) is 5.92 Å². The maximum Gasteiger partial charge on any atom is 0.271 e. The first-order valence-electron chi connectivity index (χ1n) is 6.16. The molecular weight excluding hydrogens is 296 g/mol. The molecule has 0 spiro atoms. The Morgan fingerprint density at radius 2 is 2.17 bits per heavy atom. The van der Waals surface area contributed by atoms with Gasteiger partial charge in [0.1, 0.15) is 5.69 Å². The minimum atomic E-state index is -0.508. The largest absolute Gasteiger partial charge is 0.391 e. The molecule has 2 N–H and O–H groups in total. The molecule has 4 nitrogen and oxygen atoms in total. The first kappa shape index (κ1) is 15.1. The first-order chi connectivity index (χ1) is 8.60. The molecule has 1 aromatic heterocycles. The van der Waals surface area contributed by atoms with E-state index in [9.17, 15) is 9.90 Å². The maximum atomic E-state index is 11.9. The number of aliphatic hydroxyl groups excluding tert-OH is 1. The van der Waals surface area contributed by atoms with Crippen LogP contribution in [-0.4, -0.2) is 28.6 Å². The van der Waals surface area contributed by atoms with Crippen molar-refractivity contribution in [3.63, 3.8) is 0 Å². The summed E-state index contributed by atoms with van der Waals surface area (Å²) in [5.41, 5.74) is 0.342. The summed E-state index contributed by atoms with van der Waals surface area (Å²) in [4.78, 5) is 15.9. The van der Waals surface area contributed by atoms with E-state index in [0.717, 1.165) is 12.8 Å². The summed E-state index contributed by atoms with van der Waals surface area (Å²) in [7, 11) is 0. The lowest BCUT2D eigenvalue weighted by Crippen LogP contribution is -2.36. The van der Waals surface area contributed by atoms with Gasteiger partial charge in [0.25, 0.3) is 5.91 Å². The molecule has 0 saturated heterocycles. The average Bonchev–Trinajstić information content (AvgIpc) is 2.38. The van der Waals surface area contributed by atoms with Crippen molar-refractivity contribution in [3.8, 4) is 0 Å². The predicted octanol–water partition coefficient (Wildman–Crippen LogP) is 2.37. The Morgan fingerprint density at radius 1 is 1.50 bits per heavy atom. The standard InChI is InChI=1S/C13H19BrN2O2/c1-3-9(4-2)11(17)8-16-13(18)12-10(14)6-5-7-15-12/h5-7,9,11,17H,3-4,8H2,1-2H3,(H,16,18). The number of nitrogens with one attached hydrogen (secondary N) is 1. The quantitative estimate of drug-likeness (QED) is 0.847. The highest BCUT2D eigenvalue weighted by molar-refractivity contribution is 9.10. The van der Waals surface area contributed by atoms with Crippen LogP contribution in [0.25, 0.3) is 0 Å². The Morgan fingerprint density at radius 3 is 2.72 bits per heavy atom. The Balaban J connectivity index is 2.54. The molecule has 0 aromatic carbocycles. The molecule has 1 rings (SSSR count). The molecule has 1 unspecified atom stereocenters. The summed E-state index contributed by atoms with van der Waals surface area (Å²) >= 11 is 3.27. The van der Waals surface area contributed by atoms with Crippen molar-refractivity contribution in [1.29, 1.82) is 0 Å². The molecule has 18 heavy (non-hydrogen) atoms. The SMILES string of the molecule is CCC(CC)C(O)CNC(=O)c1ncccc1Br. The molecule has 100 valence electrons. The van der Waals surface area contributed by atoms with Gasteiger partial charge in [-0.1, -0.05) is 26.7 Å². The van der Waals surface area contributed by atoms with Gasteiger partial charge in [-0.25, -0.2) is 4.98 Å². The molecule has 1 aromatic rings. The van der Waals surface area contributed by atoms with E-state index in [1.807, 2.05) is 13.8 Å². The molecular formula is C13H19BrN2O2. The second kappa shape index (κ2) is 7.48. The zero-order valence-corrected chi connectivity index (χ0v) is 12.3. The Hall–Kier alpha value is -0.940. The lowest BCUT2D eigenvalue weighted by Gasteiger charge is -2.20. The molecule has 0 aliphatic carbocycles. The Bertz CT molecular complexity index is 394. The number of aliphatic hydroxyl groups is 1. The van der Waals surface area contributed by atoms with E-state index < -0.39 is 6.10 Å². The number of amides is 1. The Labute approximate surface area is 116 Å². The number of pyridine rings is 1. The normalized spacial score (nSPS) is 12.5. The van der Waals surface area contributed by atoms with Gasteiger partial charge in [-0.2, -0.15) is 0 Å². The van der Waals surface area contributed by atoms with Gasteiger partial charge in [0.15, 0.2) is 0 Å². The summed E-state index contributed by atoms with van der Waals surface area (Å²) in [5, 5.41) is 12.6. The third kappa shape index (κ3) is 4.07. The number of hydrogen-bond acceptors (Lipinski definition) is 3. The van der Waals surface area contributed by atoms with Crippen LogP contribution in [-0.2, 0) is 0 Å². The van der Waals surface area contributed by atoms with Crippen LogP contribution in [0, 0.1) is 5.92 Å². The van der Waals surface area contributed by atoms with Crippen LogP contribution in [0.4, 0.5) is 0 Å². The third-order valence-electron chi connectivity index (χ3n) is 3.04. The highest BCUT2D eigenvalue weighted by atomic mass is 79.9. The van der Waals surface area contributed by atoms with Gasteiger partial charge < -0.3 is 10.4 Å². The van der Waals surface area contributed by atoms with E-state index in [0.29, 0.717) is 10.2 Å². The van der Waals surface area contributed by atoms with Crippen molar-refractivity contribution in [3.05, 3.63) is 28.5 Å². The number of nitrogens with zero attached hydrogens (tertiary/aromatic N) is 1. The average molecular weight is 315 g/mol. The molecule has 0 bridgehead atoms. The van der Waals surface area contributed by atoms with Crippen molar-refractivity contribution in [2.45, 2.75) is 32.8 Å². The zero-order chi connectivity index (χ0) is 13.5. The van der Waals surface area contributed by atoms with E-state index >= 15 is 0 Å². The molecule has 1 heterocycles. The number of carbonyl (C=O) groups excluding carboxylic acids is 1. The number of hydrogen-bond donors (Lipinski definition) is 2. The fraction of sp³-hybridized carbons (Fsp3) is 0.538. The van der Waals surface area contributed by atoms with Crippen molar-refractivity contribution in [1.82, 2.24) is 10.3 Å². The molecule has 1 amide bonds. The van der Waals surface area contributed by atoms with Gasteiger partial charge >= 0.3 is 0 Å². The van der Waals surface area contributed by atoms with Gasteiger partial charge in [0.05, 0.1) is 6.10 Å². The lowest BCUT2D eigenvalue weighted by molar-refractivity contribution is 0.0812. The summed E-state index contributed by atoms with van der Waals surface area (Å²) in [6.07, 6.45) is 2.87. The fourth-order valence-corrected chi connectivity index (χ4v) is 2.27. The van der Waals surface area contributed by atoms with Crippen LogP contribution in [0.2, 0.25) is 0 Å². The number of rotatable bonds is 6. The minimum absolute atomic E-state index is 0.220. The van der Waals surface area contributed by atoms with Gasteiger partial charge in [0.2, 0.25) is 0 Å². The third-order valence-corrected chi connectivity index (χ3v) is 3.68. The smallest absolute Gasteiger partial charge is 0.271 e. The minimum Gasteiger partial charge on any atom is -0.391 e. The molecule has 0 aliphatic rings. The summed E-state index contributed by atoms with van der Waals surface area (Å²) in [6, 6.07) is 3.51. The first-order valence-corrected chi connectivity index (χ1v) is 6.96. The lowest BCUT2D eigenvalue weighted by atomic mass is 9.96. The highest BCUT2D eigenvalue weighted by Crippen LogP contribution is 2.14. The van der Waals surface area contributed by atoms with Crippen LogP contribution in [0.15, 0.2) is 22.8 Å². The highest BCUT2D eigenvalue weighted by Gasteiger charge is 2.17. The van der Waals surface area contributed by atoms with Crippen molar-refractivity contribution in [2.75, 3.05) is 6.54 Å². The van der Waals surface area contributed by atoms with Crippen LogP contribution in [0.3, 0.4) is 0 Å². The maximum absolute atomic E-state index is 11.9. The van der Waals surface area contributed by atoms with E-state index in [-0.39, 0.29) is 18.4 Å². The van der Waals surface area contributed by atoms with E-state index in [1.54, 1.807) is 18.3 Å². The summed E-state index contributed by atoms with van der Waals surface area (Å²) in [6.45, 7) is 4.33. The summed E-state index contributed by atoms with van der Waals surface area (Å²) in [5.74, 6) is -0.0510. The van der Waals surface area contributed by atoms with Crippen molar-refractivity contribution >= 4 is 21.8 Å². The number of aromatic nitrogens is 1. The molecule has 0 radical (unpaired) electrons. The molecule has 0 aliphatic heterocycles. The fourth-order valence-electron chi connectivity index (χ4n) is 1.83. The van der Waals surface area contributed by atoms with Crippen LogP contribution >= 0.6 is 15.9 Å². The molecule has 0 saturated carbocycles. The molecule has 5 heteroatoms. The van der Waals surface area contributed by atoms with Gasteiger partial charge in [0, 0.05) is 17.2 Å². The van der Waals surface area contributed by atoms with Crippen LogP contribution in [0.5, 0.6) is 0 Å². The van der Waals surface area contributed by atoms with Gasteiger partial charge in [-0.15, -0.1) is 0 Å². The summed E-state index contributed by atoms with van der Waals surface area (Å²) < 4.78 is 0.652. The van der Waals surface area contributed by atoms with Crippen molar-refractivity contribution < 1.29 is 9.90 Å². The second-order valence-corrected chi connectivity index (χ2v) is 5.04. The zero-order valence-electron chi connectivity index (χ0n) is 10.7. The number of carbonyl (C=O) groups is 1. The topological polar surface area (TPSA) is 62.2 Å². The predicted molar refractivity (Wildman–Crippen MR) is 74.3 cm³/mol. The van der Waals surface area contributed by atoms with Gasteiger partial charge in [-0.05, 0) is 34.0 Å². The van der Waals surface area contributed by atoms with E-state index in [4.69, 9.17) is 0 Å². The molecule has 1 atom stereocenters. The second-order valence-electron chi connectivity index (χ2n) is 4.19. The van der Waals surface area contributed by atoms with Crippen LogP contribution in [0.1, 0.15) is 37.2 Å². The van der Waals surface area contributed by atoms with E-state index in [1.165, 1.54) is 0 Å². The van der Waals surface area contributed by atoms with Crippen LogP contribution < -0.4 is 5.32 Å². The number of halogens is 1. The van der Waals surface area contributed by atoms with Gasteiger partial charge in [-0.3, -0.25) is 4.79 Å². The van der Waals surface area contributed by atoms with E-state index in [2.05, 4.69) is 26.2 Å². The Kier molecular flexibility index (Phi) is 6.29.